The molecule has 1 atom stereocenters. The van der Waals surface area contributed by atoms with Gasteiger partial charge in [-0.25, -0.2) is 4.39 Å². The standard InChI is InChI=1S/C16H18FN3/c17-15-6-2-1-4-12(15)8-14-10-20-16(11-19-14)13-5-3-7-18-9-13/h1-2,4,6,10-11,13,18H,3,5,7-9H2/t13-/m1/s1. The van der Waals surface area contributed by atoms with Crippen molar-refractivity contribution in [1.82, 2.24) is 15.3 Å². The third-order valence-electron chi connectivity index (χ3n) is 3.77. The Morgan fingerprint density at radius 1 is 1.20 bits per heavy atom. The molecule has 2 aromatic rings. The van der Waals surface area contributed by atoms with Crippen molar-refractivity contribution in [2.24, 2.45) is 0 Å². The molecule has 3 rings (SSSR count). The van der Waals surface area contributed by atoms with E-state index in [-0.39, 0.29) is 5.82 Å². The van der Waals surface area contributed by atoms with E-state index in [0.29, 0.717) is 17.9 Å². The Morgan fingerprint density at radius 2 is 2.10 bits per heavy atom. The Hall–Kier alpha value is -1.81. The quantitative estimate of drug-likeness (QED) is 0.932. The summed E-state index contributed by atoms with van der Waals surface area (Å²) in [7, 11) is 0. The zero-order valence-corrected chi connectivity index (χ0v) is 11.3. The zero-order chi connectivity index (χ0) is 13.8. The number of piperidine rings is 1. The number of benzene rings is 1. The van der Waals surface area contributed by atoms with Crippen LogP contribution in [-0.2, 0) is 6.42 Å². The fourth-order valence-corrected chi connectivity index (χ4v) is 2.61. The zero-order valence-electron chi connectivity index (χ0n) is 11.3. The van der Waals surface area contributed by atoms with E-state index in [0.717, 1.165) is 30.9 Å². The first-order chi connectivity index (χ1) is 9.83. The highest BCUT2D eigenvalue weighted by Gasteiger charge is 2.16. The van der Waals surface area contributed by atoms with Gasteiger partial charge in [-0.3, -0.25) is 9.97 Å². The van der Waals surface area contributed by atoms with Crippen molar-refractivity contribution >= 4 is 0 Å². The SMILES string of the molecule is Fc1ccccc1Cc1cnc([C@@H]2CCCNC2)cn1. The maximum Gasteiger partial charge on any atom is 0.126 e. The van der Waals surface area contributed by atoms with Gasteiger partial charge in [-0.1, -0.05) is 18.2 Å². The Balaban J connectivity index is 1.71. The van der Waals surface area contributed by atoms with E-state index in [1.807, 2.05) is 12.3 Å². The molecule has 1 saturated heterocycles. The van der Waals surface area contributed by atoms with E-state index in [2.05, 4.69) is 15.3 Å². The van der Waals surface area contributed by atoms with Gasteiger partial charge in [0.05, 0.1) is 11.4 Å². The molecule has 3 nitrogen and oxygen atoms in total. The van der Waals surface area contributed by atoms with Crippen LogP contribution < -0.4 is 5.32 Å². The highest BCUT2D eigenvalue weighted by atomic mass is 19.1. The minimum Gasteiger partial charge on any atom is -0.316 e. The predicted octanol–water partition coefficient (Wildman–Crippen LogP) is 2.67. The fourth-order valence-electron chi connectivity index (χ4n) is 2.61. The van der Waals surface area contributed by atoms with Crippen molar-refractivity contribution in [3.05, 3.63) is 59.4 Å². The molecule has 0 amide bonds. The fraction of sp³-hybridized carbons (Fsp3) is 0.375. The molecular weight excluding hydrogens is 253 g/mol. The molecule has 0 spiro atoms. The van der Waals surface area contributed by atoms with Crippen molar-refractivity contribution in [1.29, 1.82) is 0 Å². The average Bonchev–Trinajstić information content (AvgIpc) is 2.51. The number of rotatable bonds is 3. The number of aromatic nitrogens is 2. The average molecular weight is 271 g/mol. The van der Waals surface area contributed by atoms with E-state index in [4.69, 9.17) is 0 Å². The number of hydrogen-bond acceptors (Lipinski definition) is 3. The Bertz CT molecular complexity index is 562. The lowest BCUT2D eigenvalue weighted by Crippen LogP contribution is -2.28. The first-order valence-electron chi connectivity index (χ1n) is 7.08. The number of hydrogen-bond donors (Lipinski definition) is 1. The topological polar surface area (TPSA) is 37.8 Å². The van der Waals surface area contributed by atoms with Crippen LogP contribution in [0.4, 0.5) is 4.39 Å². The lowest BCUT2D eigenvalue weighted by atomic mass is 9.96. The van der Waals surface area contributed by atoms with Crippen molar-refractivity contribution in [3.8, 4) is 0 Å². The van der Waals surface area contributed by atoms with Crippen LogP contribution in [0.5, 0.6) is 0 Å². The Kier molecular flexibility index (Phi) is 4.02. The van der Waals surface area contributed by atoms with Gasteiger partial charge in [0.15, 0.2) is 0 Å². The number of nitrogens with zero attached hydrogens (tertiary/aromatic N) is 2. The molecule has 1 aliphatic rings. The van der Waals surface area contributed by atoms with Gasteiger partial charge < -0.3 is 5.32 Å². The highest BCUT2D eigenvalue weighted by Crippen LogP contribution is 2.21. The molecule has 1 aromatic heterocycles. The number of nitrogens with one attached hydrogen (secondary N) is 1. The molecule has 0 unspecified atom stereocenters. The molecule has 1 aliphatic heterocycles. The lowest BCUT2D eigenvalue weighted by molar-refractivity contribution is 0.453. The molecule has 1 aromatic carbocycles. The predicted molar refractivity (Wildman–Crippen MR) is 76.1 cm³/mol. The molecule has 1 N–H and O–H groups in total. The van der Waals surface area contributed by atoms with E-state index in [1.165, 1.54) is 12.5 Å². The third kappa shape index (κ3) is 3.02. The smallest absolute Gasteiger partial charge is 0.126 e. The summed E-state index contributed by atoms with van der Waals surface area (Å²) in [5.74, 6) is 0.272. The second kappa shape index (κ2) is 6.09. The van der Waals surface area contributed by atoms with Crippen LogP contribution in [-0.4, -0.2) is 23.1 Å². The summed E-state index contributed by atoms with van der Waals surface area (Å²) in [6.45, 7) is 2.07. The second-order valence-corrected chi connectivity index (χ2v) is 5.24. The monoisotopic (exact) mass is 271 g/mol. The first-order valence-corrected chi connectivity index (χ1v) is 7.08. The van der Waals surface area contributed by atoms with Gasteiger partial charge in [-0.05, 0) is 31.0 Å². The van der Waals surface area contributed by atoms with Gasteiger partial charge in [0.1, 0.15) is 5.82 Å². The molecule has 1 fully saturated rings. The van der Waals surface area contributed by atoms with Gasteiger partial charge in [0.25, 0.3) is 0 Å². The molecule has 4 heteroatoms. The summed E-state index contributed by atoms with van der Waals surface area (Å²) in [6, 6.07) is 6.80. The minimum absolute atomic E-state index is 0.185. The molecule has 0 saturated carbocycles. The molecule has 20 heavy (non-hydrogen) atoms. The van der Waals surface area contributed by atoms with E-state index in [1.54, 1.807) is 18.3 Å². The highest BCUT2D eigenvalue weighted by molar-refractivity contribution is 5.22. The van der Waals surface area contributed by atoms with Crippen LogP contribution in [0.15, 0.2) is 36.7 Å². The van der Waals surface area contributed by atoms with Crippen LogP contribution in [0.2, 0.25) is 0 Å². The maximum absolute atomic E-state index is 13.6. The van der Waals surface area contributed by atoms with Crippen molar-refractivity contribution in [2.45, 2.75) is 25.2 Å². The Morgan fingerprint density at radius 3 is 2.80 bits per heavy atom. The van der Waals surface area contributed by atoms with Crippen molar-refractivity contribution in [2.75, 3.05) is 13.1 Å². The van der Waals surface area contributed by atoms with Gasteiger partial charge in [-0.15, -0.1) is 0 Å². The molecule has 104 valence electrons. The first kappa shape index (κ1) is 13.2. The third-order valence-corrected chi connectivity index (χ3v) is 3.77. The van der Waals surface area contributed by atoms with Crippen LogP contribution in [0.1, 0.15) is 35.7 Å². The van der Waals surface area contributed by atoms with Gasteiger partial charge in [0, 0.05) is 31.3 Å². The van der Waals surface area contributed by atoms with E-state index < -0.39 is 0 Å². The second-order valence-electron chi connectivity index (χ2n) is 5.24. The van der Waals surface area contributed by atoms with Crippen molar-refractivity contribution in [3.63, 3.8) is 0 Å². The van der Waals surface area contributed by atoms with Gasteiger partial charge in [-0.2, -0.15) is 0 Å². The van der Waals surface area contributed by atoms with E-state index in [9.17, 15) is 4.39 Å². The van der Waals surface area contributed by atoms with Crippen LogP contribution in [0.3, 0.4) is 0 Å². The lowest BCUT2D eigenvalue weighted by Gasteiger charge is -2.21. The van der Waals surface area contributed by atoms with E-state index >= 15 is 0 Å². The molecule has 2 heterocycles. The largest absolute Gasteiger partial charge is 0.316 e. The molecular formula is C16H18FN3. The van der Waals surface area contributed by atoms with Crippen LogP contribution in [0, 0.1) is 5.82 Å². The van der Waals surface area contributed by atoms with Gasteiger partial charge >= 0.3 is 0 Å². The molecule has 0 aliphatic carbocycles. The minimum atomic E-state index is -0.185. The normalized spacial score (nSPS) is 18.9. The summed E-state index contributed by atoms with van der Waals surface area (Å²) in [5, 5.41) is 3.38. The van der Waals surface area contributed by atoms with Gasteiger partial charge in [0.2, 0.25) is 0 Å². The van der Waals surface area contributed by atoms with Crippen LogP contribution >= 0.6 is 0 Å². The summed E-state index contributed by atoms with van der Waals surface area (Å²) >= 11 is 0. The Labute approximate surface area is 118 Å². The summed E-state index contributed by atoms with van der Waals surface area (Å²) < 4.78 is 13.6. The summed E-state index contributed by atoms with van der Waals surface area (Å²) in [6.07, 6.45) is 6.45. The molecule has 0 radical (unpaired) electrons. The summed E-state index contributed by atoms with van der Waals surface area (Å²) in [5.41, 5.74) is 2.51. The molecule has 0 bridgehead atoms. The maximum atomic E-state index is 13.6. The van der Waals surface area contributed by atoms with Crippen LogP contribution in [0.25, 0.3) is 0 Å². The summed E-state index contributed by atoms with van der Waals surface area (Å²) in [4.78, 5) is 8.94. The van der Waals surface area contributed by atoms with Crippen molar-refractivity contribution < 1.29 is 4.39 Å². The number of halogens is 1.